The third-order valence-corrected chi connectivity index (χ3v) is 8.94. The van der Waals surface area contributed by atoms with Crippen LogP contribution in [0, 0.1) is 17.8 Å². The van der Waals surface area contributed by atoms with Gasteiger partial charge in [0.2, 0.25) is 17.7 Å². The summed E-state index contributed by atoms with van der Waals surface area (Å²) in [4.78, 5) is 79.4. The number of carboxylic acids is 2. The number of hydrogen-bond donors (Lipinski definition) is 4. The second kappa shape index (κ2) is 11.5. The Morgan fingerprint density at radius 2 is 1.29 bits per heavy atom. The monoisotopic (exact) mass is 571 g/mol. The van der Waals surface area contributed by atoms with Gasteiger partial charge in [-0.05, 0) is 37.8 Å². The van der Waals surface area contributed by atoms with Gasteiger partial charge in [-0.25, -0.2) is 9.59 Å². The van der Waals surface area contributed by atoms with Crippen LogP contribution in [0.5, 0.6) is 0 Å². The third-order valence-electron chi connectivity index (χ3n) is 8.94. The molecule has 1 aromatic rings. The van der Waals surface area contributed by atoms with E-state index in [1.807, 2.05) is 0 Å². The predicted molar refractivity (Wildman–Crippen MR) is 142 cm³/mol. The highest BCUT2D eigenvalue weighted by molar-refractivity contribution is 5.94. The lowest BCUT2D eigenvalue weighted by Gasteiger charge is -2.36. The van der Waals surface area contributed by atoms with E-state index in [9.17, 15) is 39.0 Å². The first-order chi connectivity index (χ1) is 19.5. The Labute approximate surface area is 237 Å². The van der Waals surface area contributed by atoms with E-state index >= 15 is 0 Å². The summed E-state index contributed by atoms with van der Waals surface area (Å²) in [6, 6.07) is 0.0449. The zero-order chi connectivity index (χ0) is 29.4. The summed E-state index contributed by atoms with van der Waals surface area (Å²) in [5.41, 5.74) is 0.407. The Morgan fingerprint density at radius 1 is 0.780 bits per heavy atom. The van der Waals surface area contributed by atoms with Gasteiger partial charge in [0, 0.05) is 69.0 Å². The number of rotatable bonds is 8. The molecular weight excluding hydrogens is 534 g/mol. The van der Waals surface area contributed by atoms with Gasteiger partial charge >= 0.3 is 11.9 Å². The number of hydrogen-bond acceptors (Lipinski definition) is 6. The maximum atomic E-state index is 13.9. The zero-order valence-corrected chi connectivity index (χ0v) is 23.0. The summed E-state index contributed by atoms with van der Waals surface area (Å²) >= 11 is 0. The molecule has 4 amide bonds. The zero-order valence-electron chi connectivity index (χ0n) is 23.0. The van der Waals surface area contributed by atoms with Crippen molar-refractivity contribution in [3.05, 3.63) is 24.0 Å². The van der Waals surface area contributed by atoms with Crippen LogP contribution in [-0.4, -0.2) is 97.4 Å². The molecule has 3 heterocycles. The van der Waals surface area contributed by atoms with Crippen molar-refractivity contribution in [2.24, 2.45) is 24.8 Å². The smallest absolute Gasteiger partial charge is 0.326 e. The van der Waals surface area contributed by atoms with Crippen molar-refractivity contribution in [3.63, 3.8) is 0 Å². The topological polar surface area (TPSA) is 178 Å². The second-order valence-electron chi connectivity index (χ2n) is 11.8. The fourth-order valence-corrected chi connectivity index (χ4v) is 6.61. The van der Waals surface area contributed by atoms with Crippen molar-refractivity contribution in [3.8, 4) is 0 Å². The number of aliphatic carboxylic acids is 2. The van der Waals surface area contributed by atoms with Crippen LogP contribution in [0.4, 0.5) is 0 Å². The van der Waals surface area contributed by atoms with Gasteiger partial charge in [0.25, 0.3) is 5.91 Å². The Kier molecular flexibility index (Phi) is 8.05. The molecular formula is C28H37N5O8. The molecule has 4 aliphatic rings. The molecule has 6 atom stereocenters. The molecule has 41 heavy (non-hydrogen) atoms. The van der Waals surface area contributed by atoms with Crippen molar-refractivity contribution in [1.82, 2.24) is 25.0 Å². The predicted octanol–water partition coefficient (Wildman–Crippen LogP) is 0.196. The quantitative estimate of drug-likeness (QED) is 0.342. The van der Waals surface area contributed by atoms with Crippen LogP contribution in [-0.2, 0) is 31.0 Å². The van der Waals surface area contributed by atoms with E-state index in [4.69, 9.17) is 0 Å². The van der Waals surface area contributed by atoms with Gasteiger partial charge in [-0.1, -0.05) is 12.8 Å². The number of aromatic nitrogens is 1. The molecule has 13 nitrogen and oxygen atoms in total. The fourth-order valence-electron chi connectivity index (χ4n) is 6.61. The molecule has 0 unspecified atom stereocenters. The number of carbonyl (C=O) groups excluding carboxylic acids is 4. The van der Waals surface area contributed by atoms with Crippen molar-refractivity contribution in [1.29, 1.82) is 0 Å². The van der Waals surface area contributed by atoms with Gasteiger partial charge < -0.3 is 35.2 Å². The van der Waals surface area contributed by atoms with Crippen molar-refractivity contribution >= 4 is 35.6 Å². The van der Waals surface area contributed by atoms with E-state index < -0.39 is 59.8 Å². The van der Waals surface area contributed by atoms with E-state index in [0.717, 1.165) is 12.8 Å². The van der Waals surface area contributed by atoms with Crippen molar-refractivity contribution in [2.45, 2.75) is 75.5 Å². The minimum Gasteiger partial charge on any atom is -0.480 e. The van der Waals surface area contributed by atoms with E-state index in [-0.39, 0.29) is 43.7 Å². The summed E-state index contributed by atoms with van der Waals surface area (Å²) in [6.45, 7) is 0.0561. The van der Waals surface area contributed by atoms with Gasteiger partial charge in [0.05, 0.1) is 0 Å². The Morgan fingerprint density at radius 3 is 1.73 bits per heavy atom. The van der Waals surface area contributed by atoms with Gasteiger partial charge in [0.1, 0.15) is 17.8 Å². The first-order valence-electron chi connectivity index (χ1n) is 14.3. The van der Waals surface area contributed by atoms with Crippen LogP contribution in [0.3, 0.4) is 0 Å². The molecule has 2 aliphatic heterocycles. The number of nitrogens with one attached hydrogen (secondary N) is 2. The Hall–Kier alpha value is -3.90. The number of nitrogens with zero attached hydrogens (tertiary/aromatic N) is 3. The number of amides is 4. The fraction of sp³-hybridized carbons (Fsp3) is 0.643. The molecule has 2 aliphatic carbocycles. The maximum Gasteiger partial charge on any atom is 0.326 e. The average Bonchev–Trinajstić information content (AvgIpc) is 3.34. The number of carbonyl (C=O) groups is 6. The molecule has 13 heteroatoms. The second-order valence-corrected chi connectivity index (χ2v) is 11.8. The van der Waals surface area contributed by atoms with Gasteiger partial charge in [-0.2, -0.15) is 0 Å². The molecule has 222 valence electrons. The summed E-state index contributed by atoms with van der Waals surface area (Å²) in [5.74, 6) is -5.39. The van der Waals surface area contributed by atoms with Gasteiger partial charge in [-0.3, -0.25) is 19.2 Å². The number of carboxylic acid groups (broad SMARTS) is 2. The highest BCUT2D eigenvalue weighted by atomic mass is 16.4. The molecule has 1 aromatic heterocycles. The van der Waals surface area contributed by atoms with E-state index in [1.54, 1.807) is 29.9 Å². The molecule has 0 spiro atoms. The van der Waals surface area contributed by atoms with E-state index in [2.05, 4.69) is 10.6 Å². The lowest BCUT2D eigenvalue weighted by atomic mass is 9.77. The van der Waals surface area contributed by atoms with Gasteiger partial charge in [-0.15, -0.1) is 0 Å². The normalized spacial score (nSPS) is 29.7. The Balaban J connectivity index is 1.29. The molecule has 0 bridgehead atoms. The van der Waals surface area contributed by atoms with Crippen LogP contribution in [0.25, 0.3) is 0 Å². The lowest BCUT2D eigenvalue weighted by molar-refractivity contribution is -0.156. The highest BCUT2D eigenvalue weighted by Gasteiger charge is 2.49. The SMILES string of the molecule is Cn1cccc1C(=O)N[C@H]1C[C@@H](C(=O)O)N(C(=O)[C@@H]2CCCC[C@@H]2C(=O)N2C[C@@H](NC(=O)C3CC3)C[C@H]2C(=O)O)C1. The molecule has 5 rings (SSSR count). The molecule has 2 saturated carbocycles. The lowest BCUT2D eigenvalue weighted by Crippen LogP contribution is -2.51. The summed E-state index contributed by atoms with van der Waals surface area (Å²) < 4.78 is 1.64. The maximum absolute atomic E-state index is 13.9. The Bertz CT molecular complexity index is 1240. The van der Waals surface area contributed by atoms with Crippen molar-refractivity contribution < 1.29 is 39.0 Å². The first-order valence-corrected chi connectivity index (χ1v) is 14.3. The summed E-state index contributed by atoms with van der Waals surface area (Å²) in [5, 5.41) is 25.5. The van der Waals surface area contributed by atoms with Crippen molar-refractivity contribution in [2.75, 3.05) is 13.1 Å². The van der Waals surface area contributed by atoms with E-state index in [0.29, 0.717) is 31.4 Å². The minimum atomic E-state index is -1.19. The highest BCUT2D eigenvalue weighted by Crippen LogP contribution is 2.37. The molecule has 0 radical (unpaired) electrons. The van der Waals surface area contributed by atoms with E-state index in [1.165, 1.54) is 9.80 Å². The number of aryl methyl sites for hydroxylation is 1. The number of likely N-dealkylation sites (tertiary alicyclic amines) is 2. The van der Waals surface area contributed by atoms with Crippen LogP contribution in [0.2, 0.25) is 0 Å². The molecule has 4 N–H and O–H groups in total. The standard InChI is InChI=1S/C28H37N5O8/c1-31-10-4-7-20(31)24(35)30-17-12-22(28(40)41)33(14-17)26(37)19-6-3-2-5-18(19)25(36)32-13-16(11-21(32)27(38)39)29-23(34)15-8-9-15/h4,7,10,15-19,21-22H,2-3,5-6,8-9,11-14H2,1H3,(H,29,34)(H,30,35)(H,38,39)(H,40,41)/t16-,17-,18-,19+,21-,22-/m0/s1. The molecule has 2 saturated heterocycles. The first kappa shape index (κ1) is 28.6. The summed E-state index contributed by atoms with van der Waals surface area (Å²) in [7, 11) is 1.72. The molecule has 4 fully saturated rings. The average molecular weight is 572 g/mol. The third kappa shape index (κ3) is 5.94. The van der Waals surface area contributed by atoms with Crippen LogP contribution < -0.4 is 10.6 Å². The van der Waals surface area contributed by atoms with Gasteiger partial charge in [0.15, 0.2) is 0 Å². The minimum absolute atomic E-state index is 0.000110. The van der Waals surface area contributed by atoms with Crippen LogP contribution in [0.15, 0.2) is 18.3 Å². The van der Waals surface area contributed by atoms with Crippen LogP contribution >= 0.6 is 0 Å². The van der Waals surface area contributed by atoms with Crippen LogP contribution in [0.1, 0.15) is 61.9 Å². The summed E-state index contributed by atoms with van der Waals surface area (Å²) in [6.07, 6.45) is 5.60. The molecule has 0 aromatic carbocycles. The largest absolute Gasteiger partial charge is 0.480 e.